The molecule has 2 rings (SSSR count). The number of carbonyl (C=O) groups excluding carboxylic acids is 2. The molecule has 2 N–H and O–H groups in total. The summed E-state index contributed by atoms with van der Waals surface area (Å²) in [5, 5.41) is 5.98. The summed E-state index contributed by atoms with van der Waals surface area (Å²) in [6.07, 6.45) is 5.28. The van der Waals surface area contributed by atoms with Gasteiger partial charge in [-0.2, -0.15) is 0 Å². The van der Waals surface area contributed by atoms with Crippen LogP contribution >= 0.6 is 11.6 Å². The lowest BCUT2D eigenvalue weighted by molar-refractivity contribution is -0.132. The summed E-state index contributed by atoms with van der Waals surface area (Å²) in [6.45, 7) is 6.71. The van der Waals surface area contributed by atoms with Crippen LogP contribution in [0.15, 0.2) is 24.3 Å². The van der Waals surface area contributed by atoms with Crippen molar-refractivity contribution in [1.82, 2.24) is 10.6 Å². The SMILES string of the molecule is CC(C)c1ccc(C(CNC(=O)C2(C)CCCCC2)NC(=O)CCl)cc1. The van der Waals surface area contributed by atoms with Gasteiger partial charge in [0.15, 0.2) is 0 Å². The number of hydrogen-bond acceptors (Lipinski definition) is 2. The van der Waals surface area contributed by atoms with Gasteiger partial charge >= 0.3 is 0 Å². The zero-order valence-corrected chi connectivity index (χ0v) is 16.9. The lowest BCUT2D eigenvalue weighted by Crippen LogP contribution is -2.44. The molecule has 0 spiro atoms. The molecule has 1 aliphatic carbocycles. The van der Waals surface area contributed by atoms with Crippen LogP contribution in [0.2, 0.25) is 0 Å². The molecule has 2 amide bonds. The van der Waals surface area contributed by atoms with E-state index in [0.29, 0.717) is 12.5 Å². The summed E-state index contributed by atoms with van der Waals surface area (Å²) in [5.74, 6) is 0.210. The molecule has 1 atom stereocenters. The number of carbonyl (C=O) groups is 2. The molecule has 1 fully saturated rings. The van der Waals surface area contributed by atoms with Crippen molar-refractivity contribution in [2.75, 3.05) is 12.4 Å². The van der Waals surface area contributed by atoms with E-state index in [0.717, 1.165) is 31.2 Å². The van der Waals surface area contributed by atoms with Crippen molar-refractivity contribution in [3.05, 3.63) is 35.4 Å². The molecule has 1 aromatic rings. The highest BCUT2D eigenvalue weighted by atomic mass is 35.5. The first-order valence-corrected chi connectivity index (χ1v) is 10.1. The van der Waals surface area contributed by atoms with Crippen molar-refractivity contribution < 1.29 is 9.59 Å². The molecule has 0 heterocycles. The van der Waals surface area contributed by atoms with Gasteiger partial charge in [0.25, 0.3) is 0 Å². The molecule has 1 saturated carbocycles. The standard InChI is InChI=1S/C21H31ClN2O2/c1-15(2)16-7-9-17(10-8-16)18(24-19(25)13-22)14-23-20(26)21(3)11-5-4-6-12-21/h7-10,15,18H,4-6,11-14H2,1-3H3,(H,23,26)(H,24,25). The van der Waals surface area contributed by atoms with Crippen molar-refractivity contribution in [3.8, 4) is 0 Å². The van der Waals surface area contributed by atoms with E-state index in [9.17, 15) is 9.59 Å². The second-order valence-electron chi connectivity index (χ2n) is 7.91. The summed E-state index contributed by atoms with van der Waals surface area (Å²) in [5.41, 5.74) is 1.93. The Hall–Kier alpha value is -1.55. The first kappa shape index (κ1) is 20.8. The fourth-order valence-electron chi connectivity index (χ4n) is 3.57. The van der Waals surface area contributed by atoms with Crippen molar-refractivity contribution in [2.24, 2.45) is 5.41 Å². The quantitative estimate of drug-likeness (QED) is 0.695. The Labute approximate surface area is 162 Å². The zero-order valence-electron chi connectivity index (χ0n) is 16.1. The van der Waals surface area contributed by atoms with Crippen LogP contribution < -0.4 is 10.6 Å². The molecule has 26 heavy (non-hydrogen) atoms. The fraction of sp³-hybridized carbons (Fsp3) is 0.619. The minimum Gasteiger partial charge on any atom is -0.353 e. The minimum atomic E-state index is -0.291. The first-order valence-electron chi connectivity index (χ1n) is 9.59. The Kier molecular flexibility index (Phi) is 7.51. The highest BCUT2D eigenvalue weighted by molar-refractivity contribution is 6.27. The van der Waals surface area contributed by atoms with Crippen molar-refractivity contribution in [3.63, 3.8) is 0 Å². The first-order chi connectivity index (χ1) is 12.4. The van der Waals surface area contributed by atoms with Crippen LogP contribution in [0.4, 0.5) is 0 Å². The van der Waals surface area contributed by atoms with Crippen LogP contribution in [-0.2, 0) is 9.59 Å². The average molecular weight is 379 g/mol. The van der Waals surface area contributed by atoms with E-state index < -0.39 is 0 Å². The van der Waals surface area contributed by atoms with E-state index in [4.69, 9.17) is 11.6 Å². The lowest BCUT2D eigenvalue weighted by Gasteiger charge is -2.32. The van der Waals surface area contributed by atoms with Gasteiger partial charge in [0.1, 0.15) is 5.88 Å². The van der Waals surface area contributed by atoms with Crippen LogP contribution in [0.3, 0.4) is 0 Å². The largest absolute Gasteiger partial charge is 0.353 e. The Morgan fingerprint density at radius 3 is 2.19 bits per heavy atom. The normalized spacial score (nSPS) is 17.6. The number of benzene rings is 1. The molecule has 1 unspecified atom stereocenters. The van der Waals surface area contributed by atoms with Crippen molar-refractivity contribution in [1.29, 1.82) is 0 Å². The topological polar surface area (TPSA) is 58.2 Å². The maximum atomic E-state index is 12.7. The predicted molar refractivity (Wildman–Crippen MR) is 106 cm³/mol. The smallest absolute Gasteiger partial charge is 0.235 e. The minimum absolute atomic E-state index is 0.0844. The third-order valence-electron chi connectivity index (χ3n) is 5.43. The van der Waals surface area contributed by atoms with Gasteiger partial charge in [-0.3, -0.25) is 9.59 Å². The Balaban J connectivity index is 2.06. The number of halogens is 1. The Morgan fingerprint density at radius 1 is 1.08 bits per heavy atom. The third kappa shape index (κ3) is 5.47. The van der Waals surface area contributed by atoms with Gasteiger partial charge in [0.05, 0.1) is 6.04 Å². The van der Waals surface area contributed by atoms with Gasteiger partial charge in [-0.05, 0) is 29.9 Å². The molecule has 1 aromatic carbocycles. The van der Waals surface area contributed by atoms with Gasteiger partial charge in [-0.25, -0.2) is 0 Å². The van der Waals surface area contributed by atoms with Gasteiger partial charge in [-0.15, -0.1) is 11.6 Å². The summed E-state index contributed by atoms with van der Waals surface area (Å²) >= 11 is 5.66. The highest BCUT2D eigenvalue weighted by Gasteiger charge is 2.34. The fourth-order valence-corrected chi connectivity index (χ4v) is 3.64. The summed E-state index contributed by atoms with van der Waals surface area (Å²) in [4.78, 5) is 24.5. The van der Waals surface area contributed by atoms with Crippen molar-refractivity contribution in [2.45, 2.75) is 64.8 Å². The molecule has 0 bridgehead atoms. The summed E-state index contributed by atoms with van der Waals surface area (Å²) < 4.78 is 0. The zero-order chi connectivity index (χ0) is 19.2. The molecule has 1 aliphatic rings. The van der Waals surface area contributed by atoms with Crippen LogP contribution in [0.5, 0.6) is 0 Å². The van der Waals surface area contributed by atoms with Crippen LogP contribution in [0.1, 0.15) is 76.0 Å². The maximum absolute atomic E-state index is 12.7. The molecule has 0 radical (unpaired) electrons. The second kappa shape index (κ2) is 9.40. The molecule has 0 aliphatic heterocycles. The number of nitrogens with one attached hydrogen (secondary N) is 2. The highest BCUT2D eigenvalue weighted by Crippen LogP contribution is 2.35. The molecule has 0 aromatic heterocycles. The van der Waals surface area contributed by atoms with E-state index in [1.54, 1.807) is 0 Å². The van der Waals surface area contributed by atoms with Crippen LogP contribution in [-0.4, -0.2) is 24.2 Å². The van der Waals surface area contributed by atoms with Crippen LogP contribution in [0.25, 0.3) is 0 Å². The Bertz CT molecular complexity index is 607. The molecule has 5 heteroatoms. The van der Waals surface area contributed by atoms with E-state index in [1.165, 1.54) is 12.0 Å². The van der Waals surface area contributed by atoms with E-state index in [1.807, 2.05) is 19.1 Å². The van der Waals surface area contributed by atoms with Gasteiger partial charge in [0, 0.05) is 12.0 Å². The Morgan fingerprint density at radius 2 is 1.65 bits per heavy atom. The van der Waals surface area contributed by atoms with E-state index >= 15 is 0 Å². The average Bonchev–Trinajstić information content (AvgIpc) is 2.65. The van der Waals surface area contributed by atoms with E-state index in [2.05, 4.69) is 36.6 Å². The van der Waals surface area contributed by atoms with Crippen molar-refractivity contribution >= 4 is 23.4 Å². The van der Waals surface area contributed by atoms with Gasteiger partial charge in [-0.1, -0.05) is 64.3 Å². The number of alkyl halides is 1. The van der Waals surface area contributed by atoms with Gasteiger partial charge < -0.3 is 10.6 Å². The summed E-state index contributed by atoms with van der Waals surface area (Å²) in [7, 11) is 0. The molecular weight excluding hydrogens is 348 g/mol. The molecule has 4 nitrogen and oxygen atoms in total. The monoisotopic (exact) mass is 378 g/mol. The lowest BCUT2D eigenvalue weighted by atomic mass is 9.75. The maximum Gasteiger partial charge on any atom is 0.235 e. The summed E-state index contributed by atoms with van der Waals surface area (Å²) in [6, 6.07) is 7.90. The number of hydrogen-bond donors (Lipinski definition) is 2. The molecular formula is C21H31ClN2O2. The molecule has 144 valence electrons. The van der Waals surface area contributed by atoms with Crippen LogP contribution in [0, 0.1) is 5.41 Å². The van der Waals surface area contributed by atoms with Gasteiger partial charge in [0.2, 0.25) is 11.8 Å². The third-order valence-corrected chi connectivity index (χ3v) is 5.68. The second-order valence-corrected chi connectivity index (χ2v) is 8.17. The molecule has 0 saturated heterocycles. The predicted octanol–water partition coefficient (Wildman–Crippen LogP) is 4.29. The van der Waals surface area contributed by atoms with E-state index in [-0.39, 0.29) is 29.2 Å². The number of amides is 2. The number of rotatable bonds is 7.